The van der Waals surface area contributed by atoms with Crippen molar-refractivity contribution in [2.45, 2.75) is 0 Å². The average molecular weight is 321 g/mol. The lowest BCUT2D eigenvalue weighted by molar-refractivity contribution is 0.571. The van der Waals surface area contributed by atoms with Gasteiger partial charge in [-0.15, -0.1) is 0 Å². The summed E-state index contributed by atoms with van der Waals surface area (Å²) in [7, 11) is 0. The van der Waals surface area contributed by atoms with Crippen LogP contribution in [0.4, 0.5) is 0 Å². The molecule has 2 aromatic rings. The summed E-state index contributed by atoms with van der Waals surface area (Å²) < 4.78 is 5.62. The van der Waals surface area contributed by atoms with Gasteiger partial charge < -0.3 is 10.2 Å². The fourth-order valence-corrected chi connectivity index (χ4v) is 2.06. The summed E-state index contributed by atoms with van der Waals surface area (Å²) in [5, 5.41) is 27.3. The van der Waals surface area contributed by atoms with E-state index in [-0.39, 0.29) is 16.8 Å². The number of halogens is 1. The molecule has 0 fully saturated rings. The summed E-state index contributed by atoms with van der Waals surface area (Å²) in [5.74, 6) is 0.886. The molecule has 1 aromatic carbocycles. The molecular formula is C17H9ClN4O. The van der Waals surface area contributed by atoms with Gasteiger partial charge in [0, 0.05) is 11.6 Å². The molecule has 0 radical (unpaired) electrons. The molecule has 23 heavy (non-hydrogen) atoms. The Kier molecular flexibility index (Phi) is 4.85. The summed E-state index contributed by atoms with van der Waals surface area (Å²) in [6.07, 6.45) is 1.37. The minimum absolute atomic E-state index is 0.0249. The Morgan fingerprint density at radius 3 is 2.35 bits per heavy atom. The molecule has 2 rings (SSSR count). The zero-order valence-corrected chi connectivity index (χ0v) is 12.5. The highest BCUT2D eigenvalue weighted by molar-refractivity contribution is 6.33. The normalized spacial score (nSPS) is 10.3. The largest absolute Gasteiger partial charge is 0.457 e. The van der Waals surface area contributed by atoms with E-state index in [9.17, 15) is 0 Å². The van der Waals surface area contributed by atoms with E-state index in [4.69, 9.17) is 37.5 Å². The number of furan rings is 1. The average Bonchev–Trinajstić information content (AvgIpc) is 3.02. The number of hydrogen-bond acceptors (Lipinski definition) is 5. The minimum atomic E-state index is -0.323. The maximum Gasteiger partial charge on any atom is 0.153 e. The second-order valence-corrected chi connectivity index (χ2v) is 4.77. The molecule has 1 aromatic heterocycles. The standard InChI is InChI=1S/C17H9ClN4O/c18-15-4-2-1-3-14(15)16-6-5-13(23-16)7-11(8-19)17(22)12(9-20)10-21/h1-7H,22H2. The van der Waals surface area contributed by atoms with Crippen molar-refractivity contribution in [2.24, 2.45) is 5.73 Å². The van der Waals surface area contributed by atoms with Gasteiger partial charge in [0.15, 0.2) is 5.57 Å². The van der Waals surface area contributed by atoms with Gasteiger partial charge in [0.25, 0.3) is 0 Å². The van der Waals surface area contributed by atoms with Gasteiger partial charge in [-0.2, -0.15) is 15.8 Å². The highest BCUT2D eigenvalue weighted by Crippen LogP contribution is 2.29. The summed E-state index contributed by atoms with van der Waals surface area (Å²) in [5.41, 5.74) is 5.84. The second kappa shape index (κ2) is 7.00. The number of nitriles is 3. The Labute approximate surface area is 137 Å². The van der Waals surface area contributed by atoms with Gasteiger partial charge >= 0.3 is 0 Å². The zero-order chi connectivity index (χ0) is 16.8. The third-order valence-corrected chi connectivity index (χ3v) is 3.29. The van der Waals surface area contributed by atoms with E-state index < -0.39 is 0 Å². The van der Waals surface area contributed by atoms with Crippen LogP contribution in [0.5, 0.6) is 0 Å². The van der Waals surface area contributed by atoms with E-state index in [0.717, 1.165) is 0 Å². The van der Waals surface area contributed by atoms with Crippen molar-refractivity contribution in [2.75, 3.05) is 0 Å². The third-order valence-electron chi connectivity index (χ3n) is 2.96. The van der Waals surface area contributed by atoms with Crippen molar-refractivity contribution in [3.8, 4) is 29.5 Å². The third kappa shape index (κ3) is 3.41. The molecule has 110 valence electrons. The Bertz CT molecular complexity index is 916. The first-order valence-electron chi connectivity index (χ1n) is 6.37. The summed E-state index contributed by atoms with van der Waals surface area (Å²) in [6.45, 7) is 0. The molecule has 6 heteroatoms. The maximum absolute atomic E-state index is 9.15. The van der Waals surface area contributed by atoms with E-state index in [1.54, 1.807) is 42.5 Å². The molecular weight excluding hydrogens is 312 g/mol. The fraction of sp³-hybridized carbons (Fsp3) is 0. The zero-order valence-electron chi connectivity index (χ0n) is 11.7. The summed E-state index contributed by atoms with van der Waals surface area (Å²) >= 11 is 6.10. The number of allylic oxidation sites excluding steroid dienone is 2. The van der Waals surface area contributed by atoms with Crippen LogP contribution in [-0.4, -0.2) is 0 Å². The van der Waals surface area contributed by atoms with Crippen LogP contribution in [0.1, 0.15) is 5.76 Å². The van der Waals surface area contributed by atoms with Gasteiger partial charge in [-0.3, -0.25) is 0 Å². The lowest BCUT2D eigenvalue weighted by Crippen LogP contribution is -2.03. The van der Waals surface area contributed by atoms with Crippen LogP contribution in [0.3, 0.4) is 0 Å². The van der Waals surface area contributed by atoms with Crippen LogP contribution in [0.25, 0.3) is 17.4 Å². The maximum atomic E-state index is 9.15. The quantitative estimate of drug-likeness (QED) is 0.683. The highest BCUT2D eigenvalue weighted by atomic mass is 35.5. The van der Waals surface area contributed by atoms with Crippen molar-refractivity contribution in [1.29, 1.82) is 15.8 Å². The molecule has 0 saturated carbocycles. The molecule has 0 amide bonds. The Morgan fingerprint density at radius 2 is 1.74 bits per heavy atom. The second-order valence-electron chi connectivity index (χ2n) is 4.36. The first-order chi connectivity index (χ1) is 11.1. The van der Waals surface area contributed by atoms with Crippen molar-refractivity contribution < 1.29 is 4.42 Å². The van der Waals surface area contributed by atoms with Gasteiger partial charge in [-0.1, -0.05) is 23.7 Å². The van der Waals surface area contributed by atoms with Gasteiger partial charge in [-0.05, 0) is 24.3 Å². The van der Waals surface area contributed by atoms with Crippen molar-refractivity contribution in [3.63, 3.8) is 0 Å². The molecule has 2 N–H and O–H groups in total. The van der Waals surface area contributed by atoms with E-state index >= 15 is 0 Å². The molecule has 0 aliphatic rings. The number of benzene rings is 1. The highest BCUT2D eigenvalue weighted by Gasteiger charge is 2.11. The molecule has 0 unspecified atom stereocenters. The predicted octanol–water partition coefficient (Wildman–Crippen LogP) is 3.77. The van der Waals surface area contributed by atoms with Gasteiger partial charge in [0.2, 0.25) is 0 Å². The van der Waals surface area contributed by atoms with Crippen molar-refractivity contribution >= 4 is 17.7 Å². The van der Waals surface area contributed by atoms with Gasteiger partial charge in [0.05, 0.1) is 16.3 Å². The molecule has 5 nitrogen and oxygen atoms in total. The lowest BCUT2D eigenvalue weighted by atomic mass is 10.1. The molecule has 0 saturated heterocycles. The van der Waals surface area contributed by atoms with Crippen LogP contribution in [0, 0.1) is 34.0 Å². The molecule has 0 atom stereocenters. The van der Waals surface area contributed by atoms with Crippen LogP contribution < -0.4 is 5.73 Å². The monoisotopic (exact) mass is 320 g/mol. The minimum Gasteiger partial charge on any atom is -0.457 e. The molecule has 0 bridgehead atoms. The van der Waals surface area contributed by atoms with Crippen LogP contribution >= 0.6 is 11.6 Å². The van der Waals surface area contributed by atoms with Crippen molar-refractivity contribution in [3.05, 3.63) is 64.0 Å². The van der Waals surface area contributed by atoms with Crippen LogP contribution in [0.2, 0.25) is 5.02 Å². The fourth-order valence-electron chi connectivity index (χ4n) is 1.83. The van der Waals surface area contributed by atoms with E-state index in [1.165, 1.54) is 6.08 Å². The molecule has 1 heterocycles. The summed E-state index contributed by atoms with van der Waals surface area (Å²) in [6, 6.07) is 15.7. The Morgan fingerprint density at radius 1 is 1.04 bits per heavy atom. The molecule has 0 aliphatic heterocycles. The Balaban J connectivity index is 2.44. The smallest absolute Gasteiger partial charge is 0.153 e. The number of hydrogen-bond donors (Lipinski definition) is 1. The van der Waals surface area contributed by atoms with E-state index in [1.807, 2.05) is 12.1 Å². The van der Waals surface area contributed by atoms with Gasteiger partial charge in [0.1, 0.15) is 29.7 Å². The van der Waals surface area contributed by atoms with Crippen LogP contribution in [0.15, 0.2) is 57.7 Å². The molecule has 0 spiro atoms. The van der Waals surface area contributed by atoms with Crippen molar-refractivity contribution in [1.82, 2.24) is 0 Å². The topological polar surface area (TPSA) is 111 Å². The summed E-state index contributed by atoms with van der Waals surface area (Å²) in [4.78, 5) is 0. The number of rotatable bonds is 3. The number of nitrogens with two attached hydrogens (primary N) is 1. The Hall–Kier alpha value is -3.46. The van der Waals surface area contributed by atoms with Gasteiger partial charge in [-0.25, -0.2) is 0 Å². The van der Waals surface area contributed by atoms with Crippen LogP contribution in [-0.2, 0) is 0 Å². The van der Waals surface area contributed by atoms with E-state index in [0.29, 0.717) is 22.1 Å². The van der Waals surface area contributed by atoms with E-state index in [2.05, 4.69) is 0 Å². The predicted molar refractivity (Wildman–Crippen MR) is 85.2 cm³/mol. The SMILES string of the molecule is N#CC(=Cc1ccc(-c2ccccc2Cl)o1)C(N)=C(C#N)C#N. The molecule has 0 aliphatic carbocycles. The first kappa shape index (κ1) is 15.9. The number of nitrogens with zero attached hydrogens (tertiary/aromatic N) is 3. The first-order valence-corrected chi connectivity index (χ1v) is 6.75. The lowest BCUT2D eigenvalue weighted by Gasteiger charge is -2.00.